The first-order valence-electron chi connectivity index (χ1n) is 3.49. The van der Waals surface area contributed by atoms with Crippen molar-refractivity contribution in [3.05, 3.63) is 33.4 Å². The van der Waals surface area contributed by atoms with Gasteiger partial charge in [-0.25, -0.2) is 0 Å². The molecule has 0 saturated carbocycles. The second-order valence-electron chi connectivity index (χ2n) is 2.54. The highest BCUT2D eigenvalue weighted by Gasteiger charge is 2.06. The molecule has 0 aliphatic rings. The smallest absolute Gasteiger partial charge is 0.177 e. The van der Waals surface area contributed by atoms with E-state index in [2.05, 4.69) is 15.9 Å². The van der Waals surface area contributed by atoms with E-state index in [9.17, 15) is 4.39 Å². The van der Waals surface area contributed by atoms with Gasteiger partial charge in [-0.2, -0.15) is 9.65 Å². The summed E-state index contributed by atoms with van der Waals surface area (Å²) in [6.07, 6.45) is 0. The molecule has 0 spiro atoms. The van der Waals surface area contributed by atoms with E-state index in [0.717, 1.165) is 25.9 Å². The molecule has 1 aromatic heterocycles. The van der Waals surface area contributed by atoms with E-state index in [1.165, 1.54) is 6.07 Å². The number of hydrogen-bond donors (Lipinski definition) is 0. The number of benzene rings is 1. The zero-order valence-electron chi connectivity index (χ0n) is 6.34. The van der Waals surface area contributed by atoms with E-state index >= 15 is 0 Å². The van der Waals surface area contributed by atoms with Crippen LogP contribution in [0.25, 0.3) is 10.1 Å². The van der Waals surface area contributed by atoms with Crippen LogP contribution < -0.4 is 0 Å². The highest BCUT2D eigenvalue weighted by molar-refractivity contribution is 9.10. The van der Waals surface area contributed by atoms with Gasteiger partial charge in [0.25, 0.3) is 0 Å². The molecule has 1 heterocycles. The third-order valence-electron chi connectivity index (χ3n) is 1.67. The zero-order valence-corrected chi connectivity index (χ0v) is 8.75. The average Bonchev–Trinajstić information content (AvgIpc) is 2.46. The van der Waals surface area contributed by atoms with Gasteiger partial charge in [-0.1, -0.05) is 0 Å². The molecule has 0 bridgehead atoms. The lowest BCUT2D eigenvalue weighted by atomic mass is 10.2. The predicted octanol–water partition coefficient (Wildman–Crippen LogP) is 3.67. The summed E-state index contributed by atoms with van der Waals surface area (Å²) in [4.78, 5) is 0. The molecule has 0 radical (unpaired) electrons. The van der Waals surface area contributed by atoms with Gasteiger partial charge in [0.1, 0.15) is 0 Å². The monoisotopic (exact) mass is 255 g/mol. The summed E-state index contributed by atoms with van der Waals surface area (Å²) >= 11 is 4.37. The minimum Gasteiger partial charge on any atom is -0.195 e. The van der Waals surface area contributed by atoms with Gasteiger partial charge in [0.15, 0.2) is 5.13 Å². The van der Waals surface area contributed by atoms with Gasteiger partial charge >= 0.3 is 0 Å². The van der Waals surface area contributed by atoms with E-state index in [1.54, 1.807) is 12.1 Å². The highest BCUT2D eigenvalue weighted by atomic mass is 79.9. The standard InChI is InChI=1S/C9H3BrFNS/c10-7-2-5(4-12)1-6-3-8(11)13-9(6)7/h1-3H. The van der Waals surface area contributed by atoms with Crippen LogP contribution in [0.5, 0.6) is 0 Å². The van der Waals surface area contributed by atoms with Crippen molar-refractivity contribution in [1.82, 2.24) is 0 Å². The van der Waals surface area contributed by atoms with Crippen LogP contribution in [-0.2, 0) is 0 Å². The summed E-state index contributed by atoms with van der Waals surface area (Å²) < 4.78 is 14.5. The Morgan fingerprint density at radius 2 is 2.15 bits per heavy atom. The Hall–Kier alpha value is -0.920. The zero-order chi connectivity index (χ0) is 9.42. The molecule has 0 fully saturated rings. The summed E-state index contributed by atoms with van der Waals surface area (Å²) in [7, 11) is 0. The van der Waals surface area contributed by atoms with Crippen molar-refractivity contribution in [2.45, 2.75) is 0 Å². The first-order valence-corrected chi connectivity index (χ1v) is 5.10. The Kier molecular flexibility index (Phi) is 2.06. The van der Waals surface area contributed by atoms with Crippen LogP contribution >= 0.6 is 27.3 Å². The van der Waals surface area contributed by atoms with Crippen LogP contribution in [0.15, 0.2) is 22.7 Å². The Bertz CT molecular complexity index is 512. The van der Waals surface area contributed by atoms with Gasteiger partial charge in [-0.15, -0.1) is 11.3 Å². The van der Waals surface area contributed by atoms with Crippen LogP contribution in [-0.4, -0.2) is 0 Å². The molecule has 0 saturated heterocycles. The number of hydrogen-bond acceptors (Lipinski definition) is 2. The third kappa shape index (κ3) is 1.45. The molecule has 0 N–H and O–H groups in total. The van der Waals surface area contributed by atoms with E-state index in [4.69, 9.17) is 5.26 Å². The van der Waals surface area contributed by atoms with Crippen molar-refractivity contribution in [2.24, 2.45) is 0 Å². The first kappa shape index (κ1) is 8.67. The molecule has 0 unspecified atom stereocenters. The number of halogens is 2. The van der Waals surface area contributed by atoms with Crippen LogP contribution in [0, 0.1) is 16.5 Å². The number of fused-ring (bicyclic) bond motifs is 1. The number of thiophene rings is 1. The lowest BCUT2D eigenvalue weighted by Gasteiger charge is -1.93. The molecule has 2 rings (SSSR count). The molecule has 0 aliphatic carbocycles. The molecule has 4 heteroatoms. The normalized spacial score (nSPS) is 10.2. The Balaban J connectivity index is 2.85. The molecule has 1 nitrogen and oxygen atoms in total. The van der Waals surface area contributed by atoms with E-state index in [1.807, 2.05) is 6.07 Å². The Morgan fingerprint density at radius 1 is 1.38 bits per heavy atom. The maximum absolute atomic E-state index is 12.9. The van der Waals surface area contributed by atoms with Crippen molar-refractivity contribution >= 4 is 37.4 Å². The summed E-state index contributed by atoms with van der Waals surface area (Å²) in [6.45, 7) is 0. The van der Waals surface area contributed by atoms with Gasteiger partial charge < -0.3 is 0 Å². The van der Waals surface area contributed by atoms with Crippen molar-refractivity contribution in [3.63, 3.8) is 0 Å². The van der Waals surface area contributed by atoms with Crippen LogP contribution in [0.2, 0.25) is 0 Å². The van der Waals surface area contributed by atoms with Crippen molar-refractivity contribution in [2.75, 3.05) is 0 Å². The van der Waals surface area contributed by atoms with Crippen molar-refractivity contribution in [1.29, 1.82) is 5.26 Å². The fraction of sp³-hybridized carbons (Fsp3) is 0. The Morgan fingerprint density at radius 3 is 2.85 bits per heavy atom. The summed E-state index contributed by atoms with van der Waals surface area (Å²) in [5.41, 5.74) is 0.539. The minimum absolute atomic E-state index is 0.231. The lowest BCUT2D eigenvalue weighted by Crippen LogP contribution is -1.73. The Labute approximate surface area is 86.5 Å². The topological polar surface area (TPSA) is 23.8 Å². The number of rotatable bonds is 0. The molecule has 0 amide bonds. The largest absolute Gasteiger partial charge is 0.195 e. The number of nitrogens with zero attached hydrogens (tertiary/aromatic N) is 1. The number of nitriles is 1. The summed E-state index contributed by atoms with van der Waals surface area (Å²) in [6, 6.07) is 6.83. The molecule has 2 aromatic rings. The second-order valence-corrected chi connectivity index (χ2v) is 4.40. The second kappa shape index (κ2) is 3.09. The molecular formula is C9H3BrFNS. The molecule has 0 aliphatic heterocycles. The fourth-order valence-electron chi connectivity index (χ4n) is 1.14. The van der Waals surface area contributed by atoms with Gasteiger partial charge in [0.2, 0.25) is 0 Å². The minimum atomic E-state index is -0.231. The highest BCUT2D eigenvalue weighted by Crippen LogP contribution is 2.32. The van der Waals surface area contributed by atoms with Crippen LogP contribution in [0.3, 0.4) is 0 Å². The van der Waals surface area contributed by atoms with Gasteiger partial charge in [-0.3, -0.25) is 0 Å². The first-order chi connectivity index (χ1) is 6.20. The van der Waals surface area contributed by atoms with Crippen molar-refractivity contribution in [3.8, 4) is 6.07 Å². The molecule has 64 valence electrons. The quantitative estimate of drug-likeness (QED) is 0.705. The average molecular weight is 256 g/mol. The molecule has 1 aromatic carbocycles. The summed E-state index contributed by atoms with van der Waals surface area (Å²) in [5.74, 6) is 0. The molecule has 13 heavy (non-hydrogen) atoms. The predicted molar refractivity (Wildman–Crippen MR) is 54.2 cm³/mol. The summed E-state index contributed by atoms with van der Waals surface area (Å²) in [5, 5.41) is 9.21. The van der Waals surface area contributed by atoms with E-state index in [-0.39, 0.29) is 5.13 Å². The van der Waals surface area contributed by atoms with Gasteiger partial charge in [0, 0.05) is 4.47 Å². The van der Waals surface area contributed by atoms with Gasteiger partial charge in [0.05, 0.1) is 16.3 Å². The SMILES string of the molecule is N#Cc1cc(Br)c2sc(F)cc2c1. The van der Waals surface area contributed by atoms with Crippen molar-refractivity contribution < 1.29 is 4.39 Å². The third-order valence-corrected chi connectivity index (χ3v) is 3.53. The molecular weight excluding hydrogens is 253 g/mol. The molecule has 0 atom stereocenters. The van der Waals surface area contributed by atoms with Crippen LogP contribution in [0.1, 0.15) is 5.56 Å². The van der Waals surface area contributed by atoms with E-state index in [0.29, 0.717) is 5.56 Å². The van der Waals surface area contributed by atoms with Crippen LogP contribution in [0.4, 0.5) is 4.39 Å². The lowest BCUT2D eigenvalue weighted by molar-refractivity contribution is 0.658. The maximum atomic E-state index is 12.9. The fourth-order valence-corrected chi connectivity index (χ4v) is 2.63. The van der Waals surface area contributed by atoms with Gasteiger partial charge in [-0.05, 0) is 39.5 Å². The maximum Gasteiger partial charge on any atom is 0.177 e. The van der Waals surface area contributed by atoms with E-state index < -0.39 is 0 Å².